The average Bonchev–Trinajstić information content (AvgIpc) is 4.02. The summed E-state index contributed by atoms with van der Waals surface area (Å²) in [7, 11) is 0. The summed E-state index contributed by atoms with van der Waals surface area (Å²) in [5.41, 5.74) is 7.18. The number of hydrogen-bond donors (Lipinski definition) is 0. The number of likely N-dealkylation sites (tertiary alicyclic amines) is 1. The molecule has 5 aromatic carbocycles. The molecule has 65 heavy (non-hydrogen) atoms. The van der Waals surface area contributed by atoms with Gasteiger partial charge in [-0.05, 0) is 66.4 Å². The fraction of sp³-hybridized carbons (Fsp3) is 0.345. The quantitative estimate of drug-likeness (QED) is 0.0652. The second-order valence-corrected chi connectivity index (χ2v) is 17.9. The number of aryl methyl sites for hydroxylation is 1. The molecular formula is C55H56N8O2. The van der Waals surface area contributed by atoms with Crippen LogP contribution in [0.3, 0.4) is 0 Å². The molecule has 328 valence electrons. The highest BCUT2D eigenvalue weighted by atomic mass is 16.5. The molecule has 3 fully saturated rings. The van der Waals surface area contributed by atoms with Crippen LogP contribution < -0.4 is 14.5 Å². The molecule has 10 heteroatoms. The van der Waals surface area contributed by atoms with E-state index < -0.39 is 5.54 Å². The molecule has 0 aliphatic carbocycles. The van der Waals surface area contributed by atoms with E-state index in [0.717, 1.165) is 72.7 Å². The smallest absolute Gasteiger partial charge is 0.318 e. The molecule has 6 aromatic rings. The van der Waals surface area contributed by atoms with Crippen molar-refractivity contribution in [2.75, 3.05) is 62.2 Å². The number of ether oxygens (including phenoxy) is 1. The van der Waals surface area contributed by atoms with Gasteiger partial charge in [-0.1, -0.05) is 121 Å². The minimum absolute atomic E-state index is 0.0674. The number of amides is 1. The van der Waals surface area contributed by atoms with Gasteiger partial charge in [0, 0.05) is 68.4 Å². The highest BCUT2D eigenvalue weighted by Crippen LogP contribution is 2.49. The number of fused-ring (bicyclic) bond motifs is 2. The Labute approximate surface area is 383 Å². The van der Waals surface area contributed by atoms with Gasteiger partial charge in [-0.3, -0.25) is 14.6 Å². The molecule has 0 radical (unpaired) electrons. The third kappa shape index (κ3) is 8.07. The van der Waals surface area contributed by atoms with Crippen molar-refractivity contribution < 1.29 is 9.53 Å². The molecule has 1 aromatic heterocycles. The summed E-state index contributed by atoms with van der Waals surface area (Å²) in [4.78, 5) is 36.9. The number of terminal acetylenes is 1. The summed E-state index contributed by atoms with van der Waals surface area (Å²) in [6.45, 7) is 8.13. The van der Waals surface area contributed by atoms with Crippen LogP contribution in [0.4, 0.5) is 11.5 Å². The monoisotopic (exact) mass is 860 g/mol. The van der Waals surface area contributed by atoms with Crippen LogP contribution in [-0.2, 0) is 23.3 Å². The first-order valence-electron chi connectivity index (χ1n) is 23.3. The number of hydrogen-bond acceptors (Lipinski definition) is 9. The van der Waals surface area contributed by atoms with Crippen molar-refractivity contribution in [1.29, 1.82) is 5.26 Å². The van der Waals surface area contributed by atoms with E-state index in [-0.39, 0.29) is 30.5 Å². The fourth-order valence-electron chi connectivity index (χ4n) is 11.0. The molecule has 10 nitrogen and oxygen atoms in total. The van der Waals surface area contributed by atoms with Gasteiger partial charge >= 0.3 is 6.01 Å². The summed E-state index contributed by atoms with van der Waals surface area (Å²) in [6, 6.07) is 47.0. The van der Waals surface area contributed by atoms with Crippen LogP contribution in [0, 0.1) is 30.6 Å². The van der Waals surface area contributed by atoms with Crippen LogP contribution in [0.15, 0.2) is 127 Å². The molecule has 0 bridgehead atoms. The summed E-state index contributed by atoms with van der Waals surface area (Å²) < 4.78 is 6.57. The first kappa shape index (κ1) is 42.2. The molecular weight excluding hydrogens is 805 g/mol. The van der Waals surface area contributed by atoms with Crippen molar-refractivity contribution >= 4 is 28.2 Å². The standard InChI is InChI=1S/C55H56N8O2/c1-3-4-31-59-32-16-26-46(59)39-65-54-57-48-37-60(49-27-15-19-41-18-14-17-40(2)51(41)49)33-29-47(48)52(58-54)61-34-35-62(45(36-61)28-30-56)53(64)50-38-63(50)55(42-20-8-5-9-21-42,43-22-10-6-11-23-43)44-24-12-7-13-25-44/h1,5-15,17-25,27,45-46,50H,4,16,26,28-29,31-39H2,2H3. The van der Waals surface area contributed by atoms with E-state index in [0.29, 0.717) is 51.8 Å². The van der Waals surface area contributed by atoms with Gasteiger partial charge in [-0.2, -0.15) is 15.2 Å². The van der Waals surface area contributed by atoms with Gasteiger partial charge in [0.15, 0.2) is 0 Å². The van der Waals surface area contributed by atoms with Crippen molar-refractivity contribution in [3.63, 3.8) is 0 Å². The second kappa shape index (κ2) is 18.4. The molecule has 4 aliphatic rings. The largest absolute Gasteiger partial charge is 0.462 e. The number of benzene rings is 5. The van der Waals surface area contributed by atoms with Crippen molar-refractivity contribution in [2.24, 2.45) is 0 Å². The maximum atomic E-state index is 15.0. The number of anilines is 2. The minimum Gasteiger partial charge on any atom is -0.462 e. The lowest BCUT2D eigenvalue weighted by Crippen LogP contribution is -2.57. The van der Waals surface area contributed by atoms with Crippen molar-refractivity contribution in [2.45, 2.75) is 69.2 Å². The van der Waals surface area contributed by atoms with Crippen LogP contribution in [0.25, 0.3) is 10.8 Å². The lowest BCUT2D eigenvalue weighted by molar-refractivity contribution is -0.134. The van der Waals surface area contributed by atoms with Gasteiger partial charge < -0.3 is 19.4 Å². The number of piperazine rings is 1. The van der Waals surface area contributed by atoms with Gasteiger partial charge in [0.2, 0.25) is 5.91 Å². The van der Waals surface area contributed by atoms with Gasteiger partial charge in [-0.25, -0.2) is 0 Å². The molecule has 4 atom stereocenters. The number of carbonyl (C=O) groups is 1. The Balaban J connectivity index is 0.948. The second-order valence-electron chi connectivity index (χ2n) is 17.9. The summed E-state index contributed by atoms with van der Waals surface area (Å²) >= 11 is 0. The van der Waals surface area contributed by atoms with E-state index in [2.05, 4.69) is 148 Å². The Hall–Kier alpha value is -6.72. The Morgan fingerprint density at radius 3 is 2.17 bits per heavy atom. The van der Waals surface area contributed by atoms with E-state index in [4.69, 9.17) is 21.1 Å². The molecule has 4 aliphatic heterocycles. The lowest BCUT2D eigenvalue weighted by atomic mass is 9.76. The maximum Gasteiger partial charge on any atom is 0.318 e. The maximum absolute atomic E-state index is 15.0. The zero-order valence-electron chi connectivity index (χ0n) is 37.2. The van der Waals surface area contributed by atoms with Gasteiger partial charge in [-0.15, -0.1) is 12.3 Å². The van der Waals surface area contributed by atoms with E-state index in [9.17, 15) is 5.26 Å². The summed E-state index contributed by atoms with van der Waals surface area (Å²) in [5, 5.41) is 12.8. The summed E-state index contributed by atoms with van der Waals surface area (Å²) in [6.07, 6.45) is 9.49. The third-order valence-electron chi connectivity index (χ3n) is 14.2. The summed E-state index contributed by atoms with van der Waals surface area (Å²) in [5.74, 6) is 3.72. The SMILES string of the molecule is C#CCCN1CCCC1COc1nc2c(c(N3CCN(C(=O)C4CN4C(c4ccccc4)(c4ccccc4)c4ccccc4)C(CC#N)C3)n1)CCN(c1cccc3cccc(C)c13)C2. The van der Waals surface area contributed by atoms with E-state index in [1.165, 1.54) is 22.0 Å². The molecule has 0 spiro atoms. The topological polar surface area (TPSA) is 91.8 Å². The van der Waals surface area contributed by atoms with Gasteiger partial charge in [0.05, 0.1) is 36.3 Å². The number of aromatic nitrogens is 2. The van der Waals surface area contributed by atoms with Crippen LogP contribution in [-0.4, -0.2) is 101 Å². The fourth-order valence-corrected chi connectivity index (χ4v) is 11.0. The van der Waals surface area contributed by atoms with Crippen LogP contribution >= 0.6 is 0 Å². The predicted molar refractivity (Wildman–Crippen MR) is 257 cm³/mol. The normalized spacial score (nSPS) is 20.8. The molecule has 5 heterocycles. The average molecular weight is 861 g/mol. The first-order valence-corrected chi connectivity index (χ1v) is 23.3. The van der Waals surface area contributed by atoms with Crippen molar-refractivity contribution in [3.05, 3.63) is 161 Å². The Bertz CT molecular complexity index is 2630. The van der Waals surface area contributed by atoms with Crippen molar-refractivity contribution in [1.82, 2.24) is 24.7 Å². The Morgan fingerprint density at radius 1 is 0.800 bits per heavy atom. The molecule has 1 amide bonds. The number of carbonyl (C=O) groups excluding carboxylic acids is 1. The van der Waals surface area contributed by atoms with Gasteiger partial charge in [0.1, 0.15) is 18.5 Å². The zero-order valence-corrected chi connectivity index (χ0v) is 37.2. The van der Waals surface area contributed by atoms with Crippen LogP contribution in [0.1, 0.15) is 59.2 Å². The molecule has 3 saturated heterocycles. The Morgan fingerprint density at radius 2 is 1.49 bits per heavy atom. The minimum atomic E-state index is -0.678. The molecule has 4 unspecified atom stereocenters. The zero-order chi connectivity index (χ0) is 44.3. The highest BCUT2D eigenvalue weighted by molar-refractivity contribution is 5.97. The number of nitriles is 1. The van der Waals surface area contributed by atoms with Gasteiger partial charge in [0.25, 0.3) is 0 Å². The van der Waals surface area contributed by atoms with E-state index in [1.54, 1.807) is 0 Å². The lowest BCUT2D eigenvalue weighted by Gasteiger charge is -2.43. The van der Waals surface area contributed by atoms with Crippen LogP contribution in [0.5, 0.6) is 6.01 Å². The third-order valence-corrected chi connectivity index (χ3v) is 14.2. The molecule has 0 saturated carbocycles. The number of rotatable bonds is 13. The predicted octanol–water partition coefficient (Wildman–Crippen LogP) is 7.97. The van der Waals surface area contributed by atoms with E-state index >= 15 is 4.79 Å². The number of nitrogens with zero attached hydrogens (tertiary/aromatic N) is 8. The first-order chi connectivity index (χ1) is 32.0. The molecule has 10 rings (SSSR count). The Kier molecular flexibility index (Phi) is 12.0. The highest BCUT2D eigenvalue weighted by Gasteiger charge is 2.57. The van der Waals surface area contributed by atoms with E-state index in [1.807, 2.05) is 23.1 Å². The van der Waals surface area contributed by atoms with Crippen molar-refractivity contribution in [3.8, 4) is 24.4 Å². The molecule has 0 N–H and O–H groups in total. The van der Waals surface area contributed by atoms with Crippen LogP contribution in [0.2, 0.25) is 0 Å².